The van der Waals surface area contributed by atoms with E-state index in [4.69, 9.17) is 5.73 Å². The van der Waals surface area contributed by atoms with Gasteiger partial charge >= 0.3 is 0 Å². The van der Waals surface area contributed by atoms with Crippen molar-refractivity contribution >= 4 is 5.69 Å². The first-order valence-corrected chi connectivity index (χ1v) is 5.07. The minimum atomic E-state index is -0.0876. The fraction of sp³-hybridized carbons (Fsp3) is 0.500. The topological polar surface area (TPSA) is 38.0 Å². The average molecular weight is 192 g/mol. The van der Waals surface area contributed by atoms with Gasteiger partial charge in [0.1, 0.15) is 0 Å². The third kappa shape index (κ3) is 3.79. The van der Waals surface area contributed by atoms with Gasteiger partial charge in [-0.25, -0.2) is 0 Å². The normalized spacial score (nSPS) is 11.4. The molecule has 0 amide bonds. The van der Waals surface area contributed by atoms with E-state index in [-0.39, 0.29) is 5.54 Å². The van der Waals surface area contributed by atoms with E-state index in [0.29, 0.717) is 0 Å². The van der Waals surface area contributed by atoms with Crippen LogP contribution in [0.3, 0.4) is 0 Å². The summed E-state index contributed by atoms with van der Waals surface area (Å²) in [5.74, 6) is 0. The monoisotopic (exact) mass is 192 g/mol. The molecule has 14 heavy (non-hydrogen) atoms. The summed E-state index contributed by atoms with van der Waals surface area (Å²) >= 11 is 0. The van der Waals surface area contributed by atoms with Crippen molar-refractivity contribution < 1.29 is 0 Å². The summed E-state index contributed by atoms with van der Waals surface area (Å²) in [6, 6.07) is 8.30. The van der Waals surface area contributed by atoms with Gasteiger partial charge in [0, 0.05) is 17.8 Å². The molecule has 3 N–H and O–H groups in total. The van der Waals surface area contributed by atoms with E-state index in [1.54, 1.807) is 0 Å². The van der Waals surface area contributed by atoms with Gasteiger partial charge in [-0.15, -0.1) is 0 Å². The fourth-order valence-corrected chi connectivity index (χ4v) is 1.29. The molecule has 0 radical (unpaired) electrons. The number of hydrogen-bond donors (Lipinski definition) is 2. The van der Waals surface area contributed by atoms with Gasteiger partial charge in [0.2, 0.25) is 0 Å². The Morgan fingerprint density at radius 1 is 1.29 bits per heavy atom. The van der Waals surface area contributed by atoms with E-state index in [1.165, 1.54) is 11.3 Å². The summed E-state index contributed by atoms with van der Waals surface area (Å²) in [5.41, 5.74) is 8.30. The summed E-state index contributed by atoms with van der Waals surface area (Å²) in [5, 5.41) is 3.39. The fourth-order valence-electron chi connectivity index (χ4n) is 1.29. The maximum atomic E-state index is 5.90. The number of nitrogens with one attached hydrogen (secondary N) is 1. The standard InChI is InChI=1S/C12H20N2/c1-10-6-4-5-7-11(10)14-9-8-12(2,3)13/h4-7,14H,8-9,13H2,1-3H3. The number of anilines is 1. The SMILES string of the molecule is Cc1ccccc1NCCC(C)(C)N. The van der Waals surface area contributed by atoms with Crippen molar-refractivity contribution in [3.63, 3.8) is 0 Å². The Bertz CT molecular complexity index is 287. The van der Waals surface area contributed by atoms with E-state index in [1.807, 2.05) is 26.0 Å². The molecule has 0 spiro atoms. The van der Waals surface area contributed by atoms with Crippen LogP contribution >= 0.6 is 0 Å². The smallest absolute Gasteiger partial charge is 0.0369 e. The lowest BCUT2D eigenvalue weighted by Crippen LogP contribution is -2.34. The molecule has 78 valence electrons. The average Bonchev–Trinajstić information content (AvgIpc) is 2.06. The first-order valence-electron chi connectivity index (χ1n) is 5.07. The predicted molar refractivity (Wildman–Crippen MR) is 62.6 cm³/mol. The van der Waals surface area contributed by atoms with Crippen molar-refractivity contribution in [1.82, 2.24) is 0 Å². The molecule has 0 unspecified atom stereocenters. The summed E-state index contributed by atoms with van der Waals surface area (Å²) < 4.78 is 0. The zero-order chi connectivity index (χ0) is 10.6. The van der Waals surface area contributed by atoms with Crippen LogP contribution in [0.25, 0.3) is 0 Å². The molecule has 0 bridgehead atoms. The number of aryl methyl sites for hydroxylation is 1. The van der Waals surface area contributed by atoms with Crippen molar-refractivity contribution in [3.05, 3.63) is 29.8 Å². The van der Waals surface area contributed by atoms with Gasteiger partial charge in [-0.3, -0.25) is 0 Å². The maximum absolute atomic E-state index is 5.90. The molecule has 0 aromatic heterocycles. The molecule has 2 nitrogen and oxygen atoms in total. The third-order valence-corrected chi connectivity index (χ3v) is 2.23. The zero-order valence-corrected chi connectivity index (χ0v) is 9.30. The van der Waals surface area contributed by atoms with Crippen LogP contribution in [-0.2, 0) is 0 Å². The maximum Gasteiger partial charge on any atom is 0.0369 e. The van der Waals surface area contributed by atoms with Crippen LogP contribution < -0.4 is 11.1 Å². The molecular formula is C12H20N2. The Morgan fingerprint density at radius 3 is 2.50 bits per heavy atom. The van der Waals surface area contributed by atoms with E-state index in [0.717, 1.165) is 13.0 Å². The molecule has 0 heterocycles. The number of benzene rings is 1. The molecule has 0 saturated carbocycles. The highest BCUT2D eigenvalue weighted by Gasteiger charge is 2.09. The largest absolute Gasteiger partial charge is 0.385 e. The Morgan fingerprint density at radius 2 is 1.93 bits per heavy atom. The van der Waals surface area contributed by atoms with Crippen LogP contribution in [0, 0.1) is 6.92 Å². The van der Waals surface area contributed by atoms with Crippen molar-refractivity contribution in [2.75, 3.05) is 11.9 Å². The molecule has 0 saturated heterocycles. The second-order valence-corrected chi connectivity index (χ2v) is 4.48. The van der Waals surface area contributed by atoms with Crippen molar-refractivity contribution in [2.45, 2.75) is 32.7 Å². The first-order chi connectivity index (χ1) is 6.49. The number of hydrogen-bond acceptors (Lipinski definition) is 2. The molecular weight excluding hydrogens is 172 g/mol. The van der Waals surface area contributed by atoms with Crippen LogP contribution in [0.15, 0.2) is 24.3 Å². The van der Waals surface area contributed by atoms with Gasteiger partial charge in [-0.1, -0.05) is 18.2 Å². The molecule has 0 aliphatic heterocycles. The molecule has 1 aromatic rings. The highest BCUT2D eigenvalue weighted by molar-refractivity contribution is 5.50. The minimum Gasteiger partial charge on any atom is -0.385 e. The van der Waals surface area contributed by atoms with Crippen LogP contribution in [0.2, 0.25) is 0 Å². The molecule has 0 atom stereocenters. The van der Waals surface area contributed by atoms with Crippen LogP contribution in [0.5, 0.6) is 0 Å². The lowest BCUT2D eigenvalue weighted by atomic mass is 10.0. The lowest BCUT2D eigenvalue weighted by molar-refractivity contribution is 0.491. The van der Waals surface area contributed by atoms with Gasteiger partial charge in [0.15, 0.2) is 0 Å². The molecule has 0 aliphatic carbocycles. The summed E-state index contributed by atoms with van der Waals surface area (Å²) in [4.78, 5) is 0. The predicted octanol–water partition coefficient (Wildman–Crippen LogP) is 2.53. The summed E-state index contributed by atoms with van der Waals surface area (Å²) in [6.45, 7) is 7.13. The number of para-hydroxylation sites is 1. The number of nitrogens with two attached hydrogens (primary N) is 1. The number of rotatable bonds is 4. The van der Waals surface area contributed by atoms with Crippen molar-refractivity contribution in [1.29, 1.82) is 0 Å². The van der Waals surface area contributed by atoms with Crippen LogP contribution in [-0.4, -0.2) is 12.1 Å². The Kier molecular flexibility index (Phi) is 3.53. The van der Waals surface area contributed by atoms with Crippen molar-refractivity contribution in [2.24, 2.45) is 5.73 Å². The van der Waals surface area contributed by atoms with Crippen LogP contribution in [0.1, 0.15) is 25.8 Å². The summed E-state index contributed by atoms with van der Waals surface area (Å²) in [6.07, 6.45) is 0.974. The van der Waals surface area contributed by atoms with Crippen LogP contribution in [0.4, 0.5) is 5.69 Å². The quantitative estimate of drug-likeness (QED) is 0.769. The van der Waals surface area contributed by atoms with E-state index >= 15 is 0 Å². The second kappa shape index (κ2) is 4.47. The summed E-state index contributed by atoms with van der Waals surface area (Å²) in [7, 11) is 0. The highest BCUT2D eigenvalue weighted by Crippen LogP contribution is 2.13. The van der Waals surface area contributed by atoms with E-state index < -0.39 is 0 Å². The van der Waals surface area contributed by atoms with Crippen molar-refractivity contribution in [3.8, 4) is 0 Å². The molecule has 2 heteroatoms. The Labute approximate surface area is 86.5 Å². The Hall–Kier alpha value is -1.02. The second-order valence-electron chi connectivity index (χ2n) is 4.48. The molecule has 1 aromatic carbocycles. The lowest BCUT2D eigenvalue weighted by Gasteiger charge is -2.19. The first kappa shape index (κ1) is 11.1. The van der Waals surface area contributed by atoms with E-state index in [2.05, 4.69) is 24.4 Å². The third-order valence-electron chi connectivity index (χ3n) is 2.23. The van der Waals surface area contributed by atoms with E-state index in [9.17, 15) is 0 Å². The minimum absolute atomic E-state index is 0.0876. The van der Waals surface area contributed by atoms with Gasteiger partial charge in [-0.2, -0.15) is 0 Å². The zero-order valence-electron chi connectivity index (χ0n) is 9.30. The highest BCUT2D eigenvalue weighted by atomic mass is 14.9. The molecule has 0 aliphatic rings. The molecule has 0 fully saturated rings. The van der Waals surface area contributed by atoms with Gasteiger partial charge in [0.05, 0.1) is 0 Å². The van der Waals surface area contributed by atoms with Gasteiger partial charge < -0.3 is 11.1 Å². The van der Waals surface area contributed by atoms with Gasteiger partial charge in [-0.05, 0) is 38.8 Å². The Balaban J connectivity index is 2.43. The van der Waals surface area contributed by atoms with Gasteiger partial charge in [0.25, 0.3) is 0 Å². The molecule has 1 rings (SSSR count).